The van der Waals surface area contributed by atoms with Crippen molar-refractivity contribution in [1.82, 2.24) is 5.32 Å². The van der Waals surface area contributed by atoms with Crippen molar-refractivity contribution in [1.29, 1.82) is 0 Å². The molecule has 1 amide bonds. The van der Waals surface area contributed by atoms with Crippen LogP contribution in [-0.4, -0.2) is 29.6 Å². The number of hydrogen-bond acceptors (Lipinski definition) is 3. The fraction of sp³-hybridized carbons (Fsp3) is 0.467. The van der Waals surface area contributed by atoms with Crippen LogP contribution in [0.3, 0.4) is 0 Å². The summed E-state index contributed by atoms with van der Waals surface area (Å²) in [5, 5.41) is 11.9. The normalized spacial score (nSPS) is 12.1. The van der Waals surface area contributed by atoms with Gasteiger partial charge >= 0.3 is 5.97 Å². The number of carboxylic acids is 1. The largest absolute Gasteiger partial charge is 0.480 e. The van der Waals surface area contributed by atoms with Gasteiger partial charge in [0, 0.05) is 6.54 Å². The predicted octanol–water partition coefficient (Wildman–Crippen LogP) is 2.23. The highest BCUT2D eigenvalue weighted by Gasteiger charge is 2.20. The maximum absolute atomic E-state index is 11.9. The molecule has 0 aliphatic heterocycles. The molecule has 1 aromatic rings. The Labute approximate surface area is 118 Å². The first-order valence-electron chi connectivity index (χ1n) is 6.60. The predicted molar refractivity (Wildman–Crippen MR) is 76.1 cm³/mol. The zero-order valence-electron chi connectivity index (χ0n) is 12.3. The van der Waals surface area contributed by atoms with Gasteiger partial charge in [0.2, 0.25) is 0 Å². The number of carbonyl (C=O) groups excluding carboxylic acids is 1. The molecular weight excluding hydrogens is 258 g/mol. The number of nitrogens with one attached hydrogen (secondary N) is 1. The lowest BCUT2D eigenvalue weighted by Gasteiger charge is -2.18. The van der Waals surface area contributed by atoms with Gasteiger partial charge in [0.1, 0.15) is 11.3 Å². The lowest BCUT2D eigenvalue weighted by atomic mass is 10.1. The van der Waals surface area contributed by atoms with Gasteiger partial charge < -0.3 is 15.2 Å². The fourth-order valence-electron chi connectivity index (χ4n) is 1.66. The third kappa shape index (κ3) is 4.26. The van der Waals surface area contributed by atoms with Crippen LogP contribution in [0, 0.1) is 12.8 Å². The zero-order chi connectivity index (χ0) is 15.3. The van der Waals surface area contributed by atoms with Gasteiger partial charge in [0.05, 0.1) is 0 Å². The van der Waals surface area contributed by atoms with Crippen molar-refractivity contribution in [2.45, 2.75) is 33.8 Å². The van der Waals surface area contributed by atoms with Gasteiger partial charge in [-0.2, -0.15) is 0 Å². The molecule has 0 aliphatic carbocycles. The molecule has 1 rings (SSSR count). The molecule has 1 aromatic carbocycles. The van der Waals surface area contributed by atoms with E-state index in [4.69, 9.17) is 9.84 Å². The molecule has 1 unspecified atom stereocenters. The second kappa shape index (κ2) is 6.93. The molecule has 0 saturated heterocycles. The molecule has 0 spiro atoms. The maximum Gasteiger partial charge on any atom is 0.339 e. The van der Waals surface area contributed by atoms with E-state index in [2.05, 4.69) is 5.32 Å². The molecule has 20 heavy (non-hydrogen) atoms. The molecule has 0 aromatic heterocycles. The van der Waals surface area contributed by atoms with E-state index in [1.165, 1.54) is 6.07 Å². The first kappa shape index (κ1) is 16.0. The van der Waals surface area contributed by atoms with Crippen LogP contribution in [0.1, 0.15) is 36.7 Å². The summed E-state index contributed by atoms with van der Waals surface area (Å²) < 4.78 is 5.54. The Hall–Kier alpha value is -2.04. The summed E-state index contributed by atoms with van der Waals surface area (Å²) in [6, 6.07) is 4.86. The molecule has 0 fully saturated rings. The monoisotopic (exact) mass is 279 g/mol. The van der Waals surface area contributed by atoms with Gasteiger partial charge in [-0.15, -0.1) is 0 Å². The van der Waals surface area contributed by atoms with E-state index in [0.29, 0.717) is 18.0 Å². The second-order valence-corrected chi connectivity index (χ2v) is 5.16. The molecule has 0 bridgehead atoms. The zero-order valence-corrected chi connectivity index (χ0v) is 12.3. The standard InChI is InChI=1S/C15H21NO4/c1-9(2)8-16-14(17)11(4)20-13-10(3)6-5-7-12(13)15(18)19/h5-7,9,11H,8H2,1-4H3,(H,16,17)(H,18,19). The average Bonchev–Trinajstić information content (AvgIpc) is 2.37. The average molecular weight is 279 g/mol. The van der Waals surface area contributed by atoms with Crippen LogP contribution in [0.25, 0.3) is 0 Å². The molecule has 2 N–H and O–H groups in total. The number of hydrogen-bond donors (Lipinski definition) is 2. The van der Waals surface area contributed by atoms with Crippen molar-refractivity contribution in [3.05, 3.63) is 29.3 Å². The number of aryl methyl sites for hydroxylation is 1. The van der Waals surface area contributed by atoms with Crippen LogP contribution in [0.2, 0.25) is 0 Å². The number of carbonyl (C=O) groups is 2. The van der Waals surface area contributed by atoms with Crippen molar-refractivity contribution in [2.75, 3.05) is 6.54 Å². The van der Waals surface area contributed by atoms with Crippen molar-refractivity contribution >= 4 is 11.9 Å². The van der Waals surface area contributed by atoms with E-state index in [0.717, 1.165) is 0 Å². The van der Waals surface area contributed by atoms with Crippen molar-refractivity contribution < 1.29 is 19.4 Å². The quantitative estimate of drug-likeness (QED) is 0.837. The first-order chi connectivity index (χ1) is 9.32. The van der Waals surface area contributed by atoms with Gasteiger partial charge in [-0.1, -0.05) is 26.0 Å². The van der Waals surface area contributed by atoms with Crippen LogP contribution >= 0.6 is 0 Å². The molecule has 0 aliphatic rings. The Morgan fingerprint density at radius 2 is 1.95 bits per heavy atom. The summed E-state index contributed by atoms with van der Waals surface area (Å²) in [7, 11) is 0. The minimum atomic E-state index is -1.07. The van der Waals surface area contributed by atoms with Crippen LogP contribution in [0.4, 0.5) is 0 Å². The lowest BCUT2D eigenvalue weighted by Crippen LogP contribution is -2.38. The Balaban J connectivity index is 2.82. The molecule has 5 heteroatoms. The number of aromatic carboxylic acids is 1. The molecule has 0 saturated carbocycles. The van der Waals surface area contributed by atoms with E-state index in [9.17, 15) is 9.59 Å². The highest BCUT2D eigenvalue weighted by molar-refractivity contribution is 5.91. The van der Waals surface area contributed by atoms with Gasteiger partial charge in [0.15, 0.2) is 6.10 Å². The number of ether oxygens (including phenoxy) is 1. The molecular formula is C15H21NO4. The van der Waals surface area contributed by atoms with Crippen LogP contribution < -0.4 is 10.1 Å². The SMILES string of the molecule is Cc1cccc(C(=O)O)c1OC(C)C(=O)NCC(C)C. The Morgan fingerprint density at radius 3 is 2.50 bits per heavy atom. The number of benzene rings is 1. The van der Waals surface area contributed by atoms with Gasteiger partial charge in [0.25, 0.3) is 5.91 Å². The molecule has 5 nitrogen and oxygen atoms in total. The topological polar surface area (TPSA) is 75.6 Å². The van der Waals surface area contributed by atoms with Gasteiger partial charge in [-0.25, -0.2) is 4.79 Å². The summed E-state index contributed by atoms with van der Waals surface area (Å²) in [6.07, 6.45) is -0.743. The molecule has 0 radical (unpaired) electrons. The highest BCUT2D eigenvalue weighted by Crippen LogP contribution is 2.24. The Morgan fingerprint density at radius 1 is 1.30 bits per heavy atom. The van der Waals surface area contributed by atoms with E-state index in [1.807, 2.05) is 13.8 Å². The number of para-hydroxylation sites is 1. The fourth-order valence-corrected chi connectivity index (χ4v) is 1.66. The van der Waals surface area contributed by atoms with Crippen molar-refractivity contribution in [3.63, 3.8) is 0 Å². The summed E-state index contributed by atoms with van der Waals surface area (Å²) in [5.41, 5.74) is 0.752. The summed E-state index contributed by atoms with van der Waals surface area (Å²) >= 11 is 0. The van der Waals surface area contributed by atoms with Gasteiger partial charge in [-0.3, -0.25) is 4.79 Å². The minimum absolute atomic E-state index is 0.0634. The minimum Gasteiger partial charge on any atom is -0.480 e. The first-order valence-corrected chi connectivity index (χ1v) is 6.60. The Bertz CT molecular complexity index is 497. The summed E-state index contributed by atoms with van der Waals surface area (Å²) in [4.78, 5) is 23.0. The van der Waals surface area contributed by atoms with E-state index >= 15 is 0 Å². The highest BCUT2D eigenvalue weighted by atomic mass is 16.5. The van der Waals surface area contributed by atoms with Crippen LogP contribution in [-0.2, 0) is 4.79 Å². The molecule has 0 heterocycles. The maximum atomic E-state index is 11.9. The van der Waals surface area contributed by atoms with Crippen molar-refractivity contribution in [3.8, 4) is 5.75 Å². The Kier molecular flexibility index (Phi) is 5.55. The van der Waals surface area contributed by atoms with Crippen LogP contribution in [0.15, 0.2) is 18.2 Å². The van der Waals surface area contributed by atoms with Crippen LogP contribution in [0.5, 0.6) is 5.75 Å². The second-order valence-electron chi connectivity index (χ2n) is 5.16. The van der Waals surface area contributed by atoms with E-state index in [1.54, 1.807) is 26.0 Å². The van der Waals surface area contributed by atoms with E-state index < -0.39 is 12.1 Å². The van der Waals surface area contributed by atoms with Crippen molar-refractivity contribution in [2.24, 2.45) is 5.92 Å². The molecule has 1 atom stereocenters. The summed E-state index contributed by atoms with van der Waals surface area (Å²) in [6.45, 7) is 7.91. The number of carboxylic acid groups (broad SMARTS) is 1. The summed E-state index contributed by atoms with van der Waals surface area (Å²) in [5.74, 6) is -0.733. The smallest absolute Gasteiger partial charge is 0.339 e. The third-order valence-corrected chi connectivity index (χ3v) is 2.79. The van der Waals surface area contributed by atoms with Gasteiger partial charge in [-0.05, 0) is 31.4 Å². The third-order valence-electron chi connectivity index (χ3n) is 2.79. The lowest BCUT2D eigenvalue weighted by molar-refractivity contribution is -0.127. The number of amides is 1. The molecule has 110 valence electrons. The van der Waals surface area contributed by atoms with E-state index in [-0.39, 0.29) is 17.2 Å². The number of rotatable bonds is 6.